The van der Waals surface area contributed by atoms with Gasteiger partial charge in [0.1, 0.15) is 18.1 Å². The van der Waals surface area contributed by atoms with Gasteiger partial charge in [-0.25, -0.2) is 4.98 Å². The Labute approximate surface area is 158 Å². The molecule has 0 fully saturated rings. The van der Waals surface area contributed by atoms with Crippen LogP contribution in [0, 0.1) is 6.92 Å². The molecule has 1 aromatic carbocycles. The van der Waals surface area contributed by atoms with Crippen LogP contribution in [-0.4, -0.2) is 33.4 Å². The smallest absolute Gasteiger partial charge is 0.273 e. The van der Waals surface area contributed by atoms with E-state index in [1.165, 1.54) is 0 Å². The first kappa shape index (κ1) is 17.2. The molecule has 5 nitrogen and oxygen atoms in total. The van der Waals surface area contributed by atoms with Crippen LogP contribution in [0.25, 0.3) is 11.1 Å². The Morgan fingerprint density at radius 2 is 2.04 bits per heavy atom. The van der Waals surface area contributed by atoms with Crippen molar-refractivity contribution in [3.63, 3.8) is 0 Å². The topological polar surface area (TPSA) is 55.3 Å². The third-order valence-corrected chi connectivity index (χ3v) is 4.78. The molecular weight excluding hydrogens is 338 g/mol. The summed E-state index contributed by atoms with van der Waals surface area (Å²) < 4.78 is 5.96. The molecule has 0 radical (unpaired) electrons. The summed E-state index contributed by atoms with van der Waals surface area (Å²) in [6.45, 7) is 4.83. The lowest BCUT2D eigenvalue weighted by Crippen LogP contribution is -2.40. The number of aromatic nitrogens is 2. The zero-order valence-electron chi connectivity index (χ0n) is 15.4. The number of carbonyl (C=O) groups excluding carboxylic acids is 1. The Bertz CT molecular complexity index is 972. The van der Waals surface area contributed by atoms with Crippen LogP contribution < -0.4 is 4.74 Å². The molecule has 0 bridgehead atoms. The molecule has 27 heavy (non-hydrogen) atoms. The average Bonchev–Trinajstić information content (AvgIpc) is 2.86. The summed E-state index contributed by atoms with van der Waals surface area (Å²) in [5, 5.41) is 0. The normalized spacial score (nSPS) is 16.2. The second-order valence-corrected chi connectivity index (χ2v) is 6.82. The molecule has 0 spiro atoms. The molecule has 2 aromatic heterocycles. The summed E-state index contributed by atoms with van der Waals surface area (Å²) >= 11 is 0. The Morgan fingerprint density at radius 3 is 2.81 bits per heavy atom. The van der Waals surface area contributed by atoms with Crippen molar-refractivity contribution in [2.75, 3.05) is 6.61 Å². The van der Waals surface area contributed by atoms with Crippen LogP contribution in [0.1, 0.15) is 28.7 Å². The van der Waals surface area contributed by atoms with Gasteiger partial charge in [0.15, 0.2) is 0 Å². The zero-order chi connectivity index (χ0) is 18.8. The first-order valence-corrected chi connectivity index (χ1v) is 9.02. The fraction of sp³-hybridized carbons (Fsp3) is 0.227. The molecule has 1 atom stereocenters. The summed E-state index contributed by atoms with van der Waals surface area (Å²) in [6.07, 6.45) is 3.59. The fourth-order valence-electron chi connectivity index (χ4n) is 3.28. The van der Waals surface area contributed by atoms with E-state index in [4.69, 9.17) is 4.74 Å². The number of hydrogen-bond donors (Lipinski definition) is 0. The van der Waals surface area contributed by atoms with E-state index >= 15 is 0 Å². The van der Waals surface area contributed by atoms with Crippen LogP contribution >= 0.6 is 0 Å². The third-order valence-electron chi connectivity index (χ3n) is 4.78. The number of ether oxygens (including phenoxy) is 1. The first-order valence-electron chi connectivity index (χ1n) is 9.02. The third kappa shape index (κ3) is 3.53. The molecule has 1 unspecified atom stereocenters. The number of fused-ring (bicyclic) bond motifs is 1. The van der Waals surface area contributed by atoms with E-state index in [-0.39, 0.29) is 11.9 Å². The number of benzene rings is 1. The molecule has 1 aliphatic rings. The van der Waals surface area contributed by atoms with Gasteiger partial charge in [-0.1, -0.05) is 18.2 Å². The van der Waals surface area contributed by atoms with Gasteiger partial charge in [-0.3, -0.25) is 9.78 Å². The first-order chi connectivity index (χ1) is 13.1. The van der Waals surface area contributed by atoms with Crippen molar-refractivity contribution in [3.05, 3.63) is 77.9 Å². The van der Waals surface area contributed by atoms with Gasteiger partial charge < -0.3 is 9.64 Å². The average molecular weight is 359 g/mol. The van der Waals surface area contributed by atoms with Gasteiger partial charge in [-0.15, -0.1) is 0 Å². The number of nitrogens with zero attached hydrogens (tertiary/aromatic N) is 3. The highest BCUT2D eigenvalue weighted by molar-refractivity contribution is 5.92. The quantitative estimate of drug-likeness (QED) is 0.697. The number of hydrogen-bond acceptors (Lipinski definition) is 4. The zero-order valence-corrected chi connectivity index (χ0v) is 15.4. The molecule has 0 saturated carbocycles. The Hall–Kier alpha value is -3.21. The predicted octanol–water partition coefficient (Wildman–Crippen LogP) is 3.88. The second-order valence-electron chi connectivity index (χ2n) is 6.82. The Morgan fingerprint density at radius 1 is 1.15 bits per heavy atom. The van der Waals surface area contributed by atoms with Gasteiger partial charge in [-0.05, 0) is 49.7 Å². The van der Waals surface area contributed by atoms with Gasteiger partial charge in [-0.2, -0.15) is 0 Å². The highest BCUT2D eigenvalue weighted by Crippen LogP contribution is 2.30. The summed E-state index contributed by atoms with van der Waals surface area (Å²) in [7, 11) is 0. The molecule has 1 amide bonds. The molecular formula is C22H21N3O2. The van der Waals surface area contributed by atoms with Crippen molar-refractivity contribution < 1.29 is 9.53 Å². The number of pyridine rings is 2. The minimum atomic E-state index is -0.0746. The summed E-state index contributed by atoms with van der Waals surface area (Å²) in [4.78, 5) is 23.5. The SMILES string of the molecule is Cc1cccc(C(=O)N2Cc3cc(-c4cccnc4)ccc3OCC2C)n1. The van der Waals surface area contributed by atoms with Gasteiger partial charge >= 0.3 is 0 Å². The number of aryl methyl sites for hydroxylation is 1. The minimum Gasteiger partial charge on any atom is -0.491 e. The standard InChI is InChI=1S/C22H21N3O2/c1-15-5-3-7-20(24-15)22(26)25-13-19-11-17(18-6-4-10-23-12-18)8-9-21(19)27-14-16(25)2/h3-12,16H,13-14H2,1-2H3. The van der Waals surface area contributed by atoms with E-state index < -0.39 is 0 Å². The minimum absolute atomic E-state index is 0.0472. The van der Waals surface area contributed by atoms with E-state index in [1.807, 2.05) is 61.3 Å². The van der Waals surface area contributed by atoms with Crippen molar-refractivity contribution in [2.24, 2.45) is 0 Å². The van der Waals surface area contributed by atoms with Crippen LogP contribution in [0.3, 0.4) is 0 Å². The van der Waals surface area contributed by atoms with Crippen molar-refractivity contribution in [3.8, 4) is 16.9 Å². The van der Waals surface area contributed by atoms with E-state index in [1.54, 1.807) is 12.3 Å². The molecule has 4 rings (SSSR count). The van der Waals surface area contributed by atoms with Crippen LogP contribution in [0.15, 0.2) is 60.9 Å². The van der Waals surface area contributed by atoms with Gasteiger partial charge in [0.25, 0.3) is 5.91 Å². The van der Waals surface area contributed by atoms with Crippen LogP contribution in [0.4, 0.5) is 0 Å². The Kier molecular flexibility index (Phi) is 4.59. The van der Waals surface area contributed by atoms with Crippen molar-refractivity contribution in [2.45, 2.75) is 26.4 Å². The molecule has 1 aliphatic heterocycles. The van der Waals surface area contributed by atoms with E-state index in [9.17, 15) is 4.79 Å². The monoisotopic (exact) mass is 359 g/mol. The lowest BCUT2D eigenvalue weighted by Gasteiger charge is -2.26. The predicted molar refractivity (Wildman–Crippen MR) is 103 cm³/mol. The van der Waals surface area contributed by atoms with Gasteiger partial charge in [0, 0.05) is 29.2 Å². The van der Waals surface area contributed by atoms with E-state index in [0.717, 1.165) is 28.1 Å². The molecule has 5 heteroatoms. The maximum atomic E-state index is 13.1. The molecule has 136 valence electrons. The molecule has 3 aromatic rings. The maximum absolute atomic E-state index is 13.1. The van der Waals surface area contributed by atoms with Crippen LogP contribution in [0.2, 0.25) is 0 Å². The summed E-state index contributed by atoms with van der Waals surface area (Å²) in [6, 6.07) is 15.5. The molecule has 3 heterocycles. The highest BCUT2D eigenvalue weighted by Gasteiger charge is 2.27. The van der Waals surface area contributed by atoms with Crippen LogP contribution in [0.5, 0.6) is 5.75 Å². The van der Waals surface area contributed by atoms with Gasteiger partial charge in [0.2, 0.25) is 0 Å². The van der Waals surface area contributed by atoms with Gasteiger partial charge in [0.05, 0.1) is 12.6 Å². The lowest BCUT2D eigenvalue weighted by molar-refractivity contribution is 0.0639. The second kappa shape index (κ2) is 7.19. The number of carbonyl (C=O) groups is 1. The van der Waals surface area contributed by atoms with Crippen molar-refractivity contribution in [1.29, 1.82) is 0 Å². The van der Waals surface area contributed by atoms with E-state index in [2.05, 4.69) is 16.0 Å². The summed E-state index contributed by atoms with van der Waals surface area (Å²) in [5.41, 5.74) is 4.38. The maximum Gasteiger partial charge on any atom is 0.273 e. The summed E-state index contributed by atoms with van der Waals surface area (Å²) in [5.74, 6) is 0.747. The largest absolute Gasteiger partial charge is 0.491 e. The molecule has 0 N–H and O–H groups in total. The van der Waals surface area contributed by atoms with Crippen LogP contribution in [-0.2, 0) is 6.54 Å². The van der Waals surface area contributed by atoms with E-state index in [0.29, 0.717) is 18.8 Å². The van der Waals surface area contributed by atoms with Crippen molar-refractivity contribution in [1.82, 2.24) is 14.9 Å². The Balaban J connectivity index is 1.68. The molecule has 0 aliphatic carbocycles. The molecule has 0 saturated heterocycles. The van der Waals surface area contributed by atoms with Crippen molar-refractivity contribution >= 4 is 5.91 Å². The number of rotatable bonds is 2. The number of amides is 1. The highest BCUT2D eigenvalue weighted by atomic mass is 16.5. The fourth-order valence-corrected chi connectivity index (χ4v) is 3.28. The lowest BCUT2D eigenvalue weighted by atomic mass is 10.0.